The molecule has 3 aromatic carbocycles. The van der Waals surface area contributed by atoms with Crippen LogP contribution in [0.3, 0.4) is 0 Å². The first-order valence-electron chi connectivity index (χ1n) is 10.9. The Kier molecular flexibility index (Phi) is 7.54. The number of nitrogens with one attached hydrogen (secondary N) is 1. The maximum Gasteiger partial charge on any atom is 0.258 e. The molecule has 1 unspecified atom stereocenters. The monoisotopic (exact) mass is 479 g/mol. The number of imidazole rings is 1. The van der Waals surface area contributed by atoms with Gasteiger partial charge in [0.1, 0.15) is 18.2 Å². The van der Waals surface area contributed by atoms with Crippen LogP contribution in [0.2, 0.25) is 5.02 Å². The van der Waals surface area contributed by atoms with Gasteiger partial charge in [0.15, 0.2) is 18.1 Å². The highest BCUT2D eigenvalue weighted by atomic mass is 35.5. The van der Waals surface area contributed by atoms with Crippen LogP contribution in [0.1, 0.15) is 18.8 Å². The molecular weight excluding hydrogens is 454 g/mol. The second-order valence-corrected chi connectivity index (χ2v) is 8.08. The summed E-state index contributed by atoms with van der Waals surface area (Å²) in [5.74, 6) is 2.43. The molecule has 1 atom stereocenters. The summed E-state index contributed by atoms with van der Waals surface area (Å²) in [6.45, 7) is 2.76. The Morgan fingerprint density at radius 1 is 1.00 bits per heavy atom. The van der Waals surface area contributed by atoms with Crippen LogP contribution in [0.15, 0.2) is 72.8 Å². The molecule has 0 aliphatic rings. The molecule has 0 bridgehead atoms. The minimum Gasteiger partial charge on any atom is -0.493 e. The molecule has 1 aromatic heterocycles. The van der Waals surface area contributed by atoms with Gasteiger partial charge < -0.3 is 24.1 Å². The summed E-state index contributed by atoms with van der Waals surface area (Å²) in [6.07, 6.45) is 0. The van der Waals surface area contributed by atoms with E-state index in [4.69, 9.17) is 30.8 Å². The number of carbonyl (C=O) groups excluding carboxylic acids is 1. The Morgan fingerprint density at radius 3 is 2.47 bits per heavy atom. The highest BCUT2D eigenvalue weighted by Gasteiger charge is 2.19. The molecule has 7 nitrogen and oxygen atoms in total. The van der Waals surface area contributed by atoms with Crippen molar-refractivity contribution >= 4 is 28.5 Å². The van der Waals surface area contributed by atoms with Gasteiger partial charge in [-0.3, -0.25) is 4.79 Å². The van der Waals surface area contributed by atoms with Crippen LogP contribution in [-0.4, -0.2) is 35.8 Å². The predicted molar refractivity (Wildman–Crippen MR) is 132 cm³/mol. The number of carbonyl (C=O) groups is 1. The Bertz CT molecular complexity index is 1260. The van der Waals surface area contributed by atoms with Gasteiger partial charge in [-0.05, 0) is 55.5 Å². The number of methoxy groups -OCH3 is 1. The number of para-hydroxylation sites is 4. The minimum absolute atomic E-state index is 0.108. The number of hydrogen-bond acceptors (Lipinski definition) is 5. The predicted octanol–water partition coefficient (Wildman–Crippen LogP) is 5.03. The highest BCUT2D eigenvalue weighted by Crippen LogP contribution is 2.26. The molecule has 0 fully saturated rings. The SMILES string of the molecule is COc1ccccc1OCCn1c(C(C)NC(=O)COc2ccc(Cl)cc2)nc2ccccc21. The van der Waals surface area contributed by atoms with Gasteiger partial charge in [0.05, 0.1) is 30.7 Å². The summed E-state index contributed by atoms with van der Waals surface area (Å²) in [4.78, 5) is 17.3. The highest BCUT2D eigenvalue weighted by molar-refractivity contribution is 6.30. The van der Waals surface area contributed by atoms with E-state index in [2.05, 4.69) is 9.88 Å². The Labute approximate surface area is 203 Å². The molecule has 0 spiro atoms. The van der Waals surface area contributed by atoms with Gasteiger partial charge in [-0.15, -0.1) is 0 Å². The topological polar surface area (TPSA) is 74.6 Å². The second-order valence-electron chi connectivity index (χ2n) is 7.64. The van der Waals surface area contributed by atoms with Crippen molar-refractivity contribution in [2.45, 2.75) is 19.5 Å². The number of nitrogens with zero attached hydrogens (tertiary/aromatic N) is 2. The lowest BCUT2D eigenvalue weighted by Crippen LogP contribution is -2.33. The lowest BCUT2D eigenvalue weighted by molar-refractivity contribution is -0.123. The van der Waals surface area contributed by atoms with Crippen LogP contribution >= 0.6 is 11.6 Å². The van der Waals surface area contributed by atoms with E-state index in [-0.39, 0.29) is 18.6 Å². The van der Waals surface area contributed by atoms with Crippen molar-refractivity contribution in [1.82, 2.24) is 14.9 Å². The standard InChI is InChI=1S/C26H26ClN3O4/c1-18(28-25(31)17-34-20-13-11-19(27)12-14-20)26-29-21-7-3-4-8-22(21)30(26)15-16-33-24-10-6-5-9-23(24)32-2/h3-14,18H,15-17H2,1-2H3,(H,28,31). The lowest BCUT2D eigenvalue weighted by atomic mass is 10.3. The summed E-state index contributed by atoms with van der Waals surface area (Å²) in [6, 6.07) is 21.9. The lowest BCUT2D eigenvalue weighted by Gasteiger charge is -2.17. The first-order chi connectivity index (χ1) is 16.5. The molecule has 1 amide bonds. The third-order valence-electron chi connectivity index (χ3n) is 5.27. The smallest absolute Gasteiger partial charge is 0.258 e. The van der Waals surface area contributed by atoms with Gasteiger partial charge in [-0.2, -0.15) is 0 Å². The van der Waals surface area contributed by atoms with E-state index in [9.17, 15) is 4.79 Å². The maximum absolute atomic E-state index is 12.5. The fourth-order valence-corrected chi connectivity index (χ4v) is 3.80. The van der Waals surface area contributed by atoms with Gasteiger partial charge >= 0.3 is 0 Å². The summed E-state index contributed by atoms with van der Waals surface area (Å²) in [5, 5.41) is 3.58. The first kappa shape index (κ1) is 23.4. The average Bonchev–Trinajstić information content (AvgIpc) is 3.23. The summed E-state index contributed by atoms with van der Waals surface area (Å²) in [5.41, 5.74) is 1.83. The molecule has 176 valence electrons. The van der Waals surface area contributed by atoms with E-state index in [0.29, 0.717) is 35.4 Å². The van der Waals surface area contributed by atoms with E-state index >= 15 is 0 Å². The molecule has 1 heterocycles. The van der Waals surface area contributed by atoms with E-state index in [1.165, 1.54) is 0 Å². The van der Waals surface area contributed by atoms with E-state index < -0.39 is 0 Å². The van der Waals surface area contributed by atoms with Crippen molar-refractivity contribution in [1.29, 1.82) is 0 Å². The van der Waals surface area contributed by atoms with E-state index in [0.717, 1.165) is 16.9 Å². The Balaban J connectivity index is 1.44. The van der Waals surface area contributed by atoms with Gasteiger partial charge in [0, 0.05) is 5.02 Å². The summed E-state index contributed by atoms with van der Waals surface area (Å²) >= 11 is 5.89. The molecule has 0 aliphatic carbocycles. The summed E-state index contributed by atoms with van der Waals surface area (Å²) < 4.78 is 19.0. The zero-order chi connectivity index (χ0) is 23.9. The number of rotatable bonds is 10. The minimum atomic E-state index is -0.333. The normalized spacial score (nSPS) is 11.7. The molecule has 34 heavy (non-hydrogen) atoms. The zero-order valence-corrected chi connectivity index (χ0v) is 19.8. The first-order valence-corrected chi connectivity index (χ1v) is 11.3. The van der Waals surface area contributed by atoms with Crippen LogP contribution in [0.4, 0.5) is 0 Å². The fourth-order valence-electron chi connectivity index (χ4n) is 3.67. The third-order valence-corrected chi connectivity index (χ3v) is 5.53. The molecule has 4 aromatic rings. The maximum atomic E-state index is 12.5. The van der Waals surface area contributed by atoms with Crippen molar-refractivity contribution < 1.29 is 19.0 Å². The molecular formula is C26H26ClN3O4. The second kappa shape index (κ2) is 10.9. The molecule has 0 aliphatic heterocycles. The molecule has 4 rings (SSSR count). The number of halogens is 1. The Hall–Kier alpha value is -3.71. The zero-order valence-electron chi connectivity index (χ0n) is 19.0. The van der Waals surface area contributed by atoms with Gasteiger partial charge in [-0.25, -0.2) is 4.98 Å². The molecule has 1 N–H and O–H groups in total. The van der Waals surface area contributed by atoms with Gasteiger partial charge in [0.25, 0.3) is 5.91 Å². The van der Waals surface area contributed by atoms with Crippen molar-refractivity contribution in [3.8, 4) is 17.2 Å². The molecule has 0 radical (unpaired) electrons. The largest absolute Gasteiger partial charge is 0.493 e. The van der Waals surface area contributed by atoms with Gasteiger partial charge in [0.2, 0.25) is 0 Å². The number of fused-ring (bicyclic) bond motifs is 1. The van der Waals surface area contributed by atoms with E-state index in [1.807, 2.05) is 55.5 Å². The number of amides is 1. The van der Waals surface area contributed by atoms with Crippen LogP contribution < -0.4 is 19.5 Å². The van der Waals surface area contributed by atoms with Crippen LogP contribution in [-0.2, 0) is 11.3 Å². The van der Waals surface area contributed by atoms with Crippen LogP contribution in [0, 0.1) is 0 Å². The van der Waals surface area contributed by atoms with Crippen LogP contribution in [0.5, 0.6) is 17.2 Å². The van der Waals surface area contributed by atoms with Crippen molar-refractivity contribution in [2.75, 3.05) is 20.3 Å². The average molecular weight is 480 g/mol. The molecule has 8 heteroatoms. The number of hydrogen-bond donors (Lipinski definition) is 1. The third kappa shape index (κ3) is 5.61. The molecule has 0 saturated heterocycles. The number of ether oxygens (including phenoxy) is 3. The number of benzene rings is 3. The quantitative estimate of drug-likeness (QED) is 0.345. The number of aromatic nitrogens is 2. The van der Waals surface area contributed by atoms with E-state index in [1.54, 1.807) is 31.4 Å². The van der Waals surface area contributed by atoms with Crippen molar-refractivity contribution in [3.05, 3.63) is 83.6 Å². The van der Waals surface area contributed by atoms with Crippen molar-refractivity contribution in [3.63, 3.8) is 0 Å². The summed E-state index contributed by atoms with van der Waals surface area (Å²) in [7, 11) is 1.62. The molecule has 0 saturated carbocycles. The van der Waals surface area contributed by atoms with Crippen LogP contribution in [0.25, 0.3) is 11.0 Å². The fraction of sp³-hybridized carbons (Fsp3) is 0.231. The Morgan fingerprint density at radius 2 is 1.71 bits per heavy atom. The van der Waals surface area contributed by atoms with Crippen molar-refractivity contribution in [2.24, 2.45) is 0 Å². The van der Waals surface area contributed by atoms with Gasteiger partial charge in [-0.1, -0.05) is 35.9 Å².